The molecule has 362 valence electrons. The molecule has 12 rings (SSSR count). The highest BCUT2D eigenvalue weighted by atomic mass is 19.4. The first-order chi connectivity index (χ1) is 35.7. The van der Waals surface area contributed by atoms with Gasteiger partial charge in [-0.3, -0.25) is 0 Å². The van der Waals surface area contributed by atoms with Crippen LogP contribution < -0.4 is 0 Å². The second-order valence-electron chi connectivity index (χ2n) is 19.1. The first-order valence-corrected chi connectivity index (χ1v) is 24.2. The predicted octanol–water partition coefficient (Wildman–Crippen LogP) is 17.4. The monoisotopic (exact) mass is 982 g/mol. The van der Waals surface area contributed by atoms with Gasteiger partial charge in [-0.05, 0) is 90.7 Å². The summed E-state index contributed by atoms with van der Waals surface area (Å²) in [5, 5.41) is 4.21. The van der Waals surface area contributed by atoms with Crippen molar-refractivity contribution >= 4 is 43.6 Å². The van der Waals surface area contributed by atoms with E-state index in [-0.39, 0.29) is 22.3 Å². The van der Waals surface area contributed by atoms with Gasteiger partial charge in [-0.1, -0.05) is 176 Å². The normalized spacial score (nSPS) is 13.9. The molecule has 0 aliphatic carbocycles. The summed E-state index contributed by atoms with van der Waals surface area (Å²) in [6.45, 7) is 2.40. The molecular formula is C64H44F6N4. The van der Waals surface area contributed by atoms with Gasteiger partial charge in [-0.25, -0.2) is 9.97 Å². The molecule has 0 aliphatic rings. The molecule has 0 spiro atoms. The Bertz CT molecular complexity index is 3700. The average molecular weight is 983 g/mol. The molecule has 0 amide bonds. The minimum Gasteiger partial charge on any atom is -0.309 e. The lowest BCUT2D eigenvalue weighted by atomic mass is 9.75. The van der Waals surface area contributed by atoms with Crippen molar-refractivity contribution in [2.24, 2.45) is 0 Å². The summed E-state index contributed by atoms with van der Waals surface area (Å²) >= 11 is 0. The number of para-hydroxylation sites is 4. The van der Waals surface area contributed by atoms with Crippen molar-refractivity contribution in [2.45, 2.75) is 37.0 Å². The van der Waals surface area contributed by atoms with Crippen molar-refractivity contribution in [3.8, 4) is 45.3 Å². The highest BCUT2D eigenvalue weighted by Crippen LogP contribution is 2.49. The van der Waals surface area contributed by atoms with Crippen molar-refractivity contribution < 1.29 is 26.3 Å². The lowest BCUT2D eigenvalue weighted by molar-refractivity contribution is -0.173. The molecular weight excluding hydrogens is 939 g/mol. The summed E-state index contributed by atoms with van der Waals surface area (Å²) < 4.78 is 97.2. The van der Waals surface area contributed by atoms with Gasteiger partial charge >= 0.3 is 12.4 Å². The van der Waals surface area contributed by atoms with E-state index < -0.39 is 23.2 Å². The molecule has 2 atom stereocenters. The van der Waals surface area contributed by atoms with Crippen LogP contribution in [0.2, 0.25) is 0 Å². The van der Waals surface area contributed by atoms with Crippen LogP contribution in [0, 0.1) is 0 Å². The number of alkyl halides is 6. The van der Waals surface area contributed by atoms with E-state index in [2.05, 4.69) is 9.13 Å². The molecule has 0 radical (unpaired) electrons. The largest absolute Gasteiger partial charge is 0.402 e. The Morgan fingerprint density at radius 1 is 0.311 bits per heavy atom. The van der Waals surface area contributed by atoms with Gasteiger partial charge in [-0.15, -0.1) is 0 Å². The summed E-state index contributed by atoms with van der Waals surface area (Å²) in [6, 6.07) is 68.4. The van der Waals surface area contributed by atoms with Crippen molar-refractivity contribution in [2.75, 3.05) is 0 Å². The maximum atomic E-state index is 15.5. The summed E-state index contributed by atoms with van der Waals surface area (Å²) in [6.07, 6.45) is -9.34. The second kappa shape index (κ2) is 17.5. The van der Waals surface area contributed by atoms with Gasteiger partial charge in [0.05, 0.1) is 33.5 Å². The van der Waals surface area contributed by atoms with Crippen molar-refractivity contribution in [1.29, 1.82) is 0 Å². The number of hydrogen-bond acceptors (Lipinski definition) is 2. The van der Waals surface area contributed by atoms with Gasteiger partial charge in [0.25, 0.3) is 0 Å². The van der Waals surface area contributed by atoms with Gasteiger partial charge in [0.1, 0.15) is 10.8 Å². The summed E-state index contributed by atoms with van der Waals surface area (Å²) in [5.41, 5.74) is 3.40. The number of nitrogens with zero attached hydrogens (tertiary/aromatic N) is 4. The molecule has 4 nitrogen and oxygen atoms in total. The third-order valence-corrected chi connectivity index (χ3v) is 15.0. The quantitative estimate of drug-likeness (QED) is 0.135. The third-order valence-electron chi connectivity index (χ3n) is 15.0. The molecule has 3 heterocycles. The zero-order valence-electron chi connectivity index (χ0n) is 40.0. The molecule has 2 unspecified atom stereocenters. The molecule has 3 aromatic heterocycles. The molecule has 0 bridgehead atoms. The number of benzene rings is 9. The van der Waals surface area contributed by atoms with Gasteiger partial charge in [0, 0.05) is 49.6 Å². The van der Waals surface area contributed by atoms with Crippen LogP contribution in [-0.2, 0) is 10.8 Å². The molecule has 9 aromatic carbocycles. The maximum Gasteiger partial charge on any atom is 0.402 e. The fraction of sp³-hybridized carbons (Fsp3) is 0.0938. The van der Waals surface area contributed by atoms with E-state index in [0.29, 0.717) is 33.9 Å². The molecule has 10 heteroatoms. The molecule has 74 heavy (non-hydrogen) atoms. The Morgan fingerprint density at radius 3 is 0.905 bits per heavy atom. The number of aromatic nitrogens is 4. The number of halogens is 6. The standard InChI is InChI=1S/C64H44F6N4/c1-61(63(65,66)67,46-32-36-48(37-33-46)73-56-20-10-6-16-50(56)51-17-7-11-21-57(51)73)44-28-24-41(25-29-44)54-40-55(72-60(71-54)43-14-4-3-5-15-43)42-26-30-45(31-27-42)62(2,64(68,69)70)47-34-38-49(39-35-47)74-58-22-12-8-18-52(58)53-19-9-13-23-59(53)74/h3-40H,1-2H3. The zero-order chi connectivity index (χ0) is 51.0. The minimum atomic E-state index is -4.67. The van der Waals surface area contributed by atoms with E-state index in [0.717, 1.165) is 55.0 Å². The van der Waals surface area contributed by atoms with Gasteiger partial charge < -0.3 is 9.13 Å². The average Bonchev–Trinajstić information content (AvgIpc) is 3.95. The summed E-state index contributed by atoms with van der Waals surface area (Å²) in [5.74, 6) is 0.346. The van der Waals surface area contributed by atoms with E-state index in [1.165, 1.54) is 38.1 Å². The fourth-order valence-corrected chi connectivity index (χ4v) is 10.7. The summed E-state index contributed by atoms with van der Waals surface area (Å²) in [7, 11) is 0. The number of rotatable bonds is 9. The Morgan fingerprint density at radius 2 is 0.595 bits per heavy atom. The molecule has 0 saturated heterocycles. The molecule has 0 N–H and O–H groups in total. The Kier molecular flexibility index (Phi) is 10.9. The van der Waals surface area contributed by atoms with E-state index >= 15 is 26.3 Å². The van der Waals surface area contributed by atoms with Crippen molar-refractivity contribution in [3.05, 3.63) is 253 Å². The van der Waals surface area contributed by atoms with Crippen LogP contribution in [0.1, 0.15) is 36.1 Å². The van der Waals surface area contributed by atoms with Crippen molar-refractivity contribution in [3.63, 3.8) is 0 Å². The third kappa shape index (κ3) is 7.46. The summed E-state index contributed by atoms with van der Waals surface area (Å²) in [4.78, 5) is 9.75. The van der Waals surface area contributed by atoms with Crippen LogP contribution in [0.5, 0.6) is 0 Å². The van der Waals surface area contributed by atoms with E-state index in [1.54, 1.807) is 78.9 Å². The SMILES string of the molecule is CC(c1ccc(-c2cc(-c3ccc(C(C)(c4ccc(-n5c6ccccc6c6ccccc65)cc4)C(F)(F)F)cc3)nc(-c3ccccc3)n2)cc1)(c1ccc(-n2c3ccccc3c3ccccc32)cc1)C(F)(F)F. The van der Waals surface area contributed by atoms with Crippen molar-refractivity contribution in [1.82, 2.24) is 19.1 Å². The molecule has 0 aliphatic heterocycles. The maximum absolute atomic E-state index is 15.5. The Balaban J connectivity index is 0.877. The first kappa shape index (κ1) is 46.3. The van der Waals surface area contributed by atoms with Crippen LogP contribution in [0.3, 0.4) is 0 Å². The zero-order valence-corrected chi connectivity index (χ0v) is 40.0. The Labute approximate surface area is 422 Å². The van der Waals surface area contributed by atoms with Crippen LogP contribution in [0.4, 0.5) is 26.3 Å². The van der Waals surface area contributed by atoms with E-state index in [9.17, 15) is 0 Å². The number of fused-ring (bicyclic) bond motifs is 6. The van der Waals surface area contributed by atoms with Crippen LogP contribution in [-0.4, -0.2) is 31.5 Å². The lowest BCUT2D eigenvalue weighted by Crippen LogP contribution is -2.40. The Hall–Kier alpha value is -8.76. The van der Waals surface area contributed by atoms with Crippen LogP contribution in [0.15, 0.2) is 231 Å². The highest BCUT2D eigenvalue weighted by molar-refractivity contribution is 6.10. The smallest absolute Gasteiger partial charge is 0.309 e. The fourth-order valence-electron chi connectivity index (χ4n) is 10.7. The highest BCUT2D eigenvalue weighted by Gasteiger charge is 2.54. The lowest BCUT2D eigenvalue weighted by Gasteiger charge is -2.33. The van der Waals surface area contributed by atoms with Crippen LogP contribution >= 0.6 is 0 Å². The minimum absolute atomic E-state index is 0.0422. The predicted molar refractivity (Wildman–Crippen MR) is 285 cm³/mol. The molecule has 0 fully saturated rings. The molecule has 12 aromatic rings. The number of hydrogen-bond donors (Lipinski definition) is 0. The van der Waals surface area contributed by atoms with Gasteiger partial charge in [-0.2, -0.15) is 26.3 Å². The molecule has 0 saturated carbocycles. The van der Waals surface area contributed by atoms with Gasteiger partial charge in [0.2, 0.25) is 0 Å². The van der Waals surface area contributed by atoms with Gasteiger partial charge in [0.15, 0.2) is 5.82 Å². The first-order valence-electron chi connectivity index (χ1n) is 24.2. The van der Waals surface area contributed by atoms with Crippen LogP contribution in [0.25, 0.3) is 88.9 Å². The topological polar surface area (TPSA) is 35.6 Å². The van der Waals surface area contributed by atoms with E-state index in [4.69, 9.17) is 9.97 Å². The second-order valence-corrected chi connectivity index (χ2v) is 19.1. The van der Waals surface area contributed by atoms with E-state index in [1.807, 2.05) is 127 Å².